The van der Waals surface area contributed by atoms with Gasteiger partial charge >= 0.3 is 0 Å². The smallest absolute Gasteiger partial charge is 0.174 e. The van der Waals surface area contributed by atoms with E-state index in [9.17, 15) is 0 Å². The van der Waals surface area contributed by atoms with E-state index in [1.807, 2.05) is 18.3 Å². The summed E-state index contributed by atoms with van der Waals surface area (Å²) in [6.07, 6.45) is 1.85. The minimum Gasteiger partial charge on any atom is -0.378 e. The molecule has 178 valence electrons. The zero-order valence-electron chi connectivity index (χ0n) is 20.6. The number of rotatable bonds is 6. The average molecular weight is 482 g/mol. The van der Waals surface area contributed by atoms with Gasteiger partial charge in [-0.15, -0.1) is 0 Å². The molecular weight excluding hydrogens is 450 g/mol. The van der Waals surface area contributed by atoms with Gasteiger partial charge in [0, 0.05) is 49.6 Å². The predicted molar refractivity (Wildman–Crippen MR) is 148 cm³/mol. The van der Waals surface area contributed by atoms with Crippen LogP contribution in [0.5, 0.6) is 0 Å². The SMILES string of the molecule is Cc1cc([C@H]2[C@@H](c3ccccn3)NC(=S)N2c2ccc(N(C)C)cc2)c(C)n1Cc1ccccc1. The fourth-order valence-electron chi connectivity index (χ4n) is 5.00. The largest absolute Gasteiger partial charge is 0.378 e. The molecule has 0 spiro atoms. The summed E-state index contributed by atoms with van der Waals surface area (Å²) in [5, 5.41) is 4.30. The van der Waals surface area contributed by atoms with E-state index in [0.717, 1.165) is 28.7 Å². The molecule has 2 atom stereocenters. The quantitative estimate of drug-likeness (QED) is 0.353. The van der Waals surface area contributed by atoms with Gasteiger partial charge in [0.15, 0.2) is 5.11 Å². The van der Waals surface area contributed by atoms with Gasteiger partial charge in [-0.25, -0.2) is 0 Å². The Bertz CT molecular complexity index is 1310. The maximum atomic E-state index is 5.92. The van der Waals surface area contributed by atoms with Crippen LogP contribution in [0.3, 0.4) is 0 Å². The van der Waals surface area contributed by atoms with Gasteiger partial charge in [-0.3, -0.25) is 4.98 Å². The number of nitrogens with one attached hydrogen (secondary N) is 1. The van der Waals surface area contributed by atoms with Gasteiger partial charge in [-0.2, -0.15) is 0 Å². The van der Waals surface area contributed by atoms with Crippen molar-refractivity contribution in [1.82, 2.24) is 14.9 Å². The molecule has 0 radical (unpaired) electrons. The number of thiocarbonyl (C=S) groups is 1. The van der Waals surface area contributed by atoms with Crippen LogP contribution in [0.2, 0.25) is 0 Å². The van der Waals surface area contributed by atoms with Crippen LogP contribution in [0.25, 0.3) is 0 Å². The summed E-state index contributed by atoms with van der Waals surface area (Å²) in [6.45, 7) is 5.25. The molecule has 1 saturated heterocycles. The zero-order chi connectivity index (χ0) is 24.5. The second-order valence-electron chi connectivity index (χ2n) is 9.31. The molecule has 0 aliphatic carbocycles. The molecule has 6 heteroatoms. The molecular formula is C29H31N5S. The van der Waals surface area contributed by atoms with E-state index < -0.39 is 0 Å². The van der Waals surface area contributed by atoms with Crippen LogP contribution < -0.4 is 15.1 Å². The molecule has 1 N–H and O–H groups in total. The maximum Gasteiger partial charge on any atom is 0.174 e. The number of hydrogen-bond donors (Lipinski definition) is 1. The Labute approximate surface area is 213 Å². The third-order valence-corrected chi connectivity index (χ3v) is 7.17. The first kappa shape index (κ1) is 23.1. The average Bonchev–Trinajstić information content (AvgIpc) is 3.36. The van der Waals surface area contributed by atoms with E-state index in [0.29, 0.717) is 0 Å². The van der Waals surface area contributed by atoms with Crippen LogP contribution in [-0.4, -0.2) is 28.8 Å². The summed E-state index contributed by atoms with van der Waals surface area (Å²) in [5.41, 5.74) is 8.26. The molecule has 5 rings (SSSR count). The lowest BCUT2D eigenvalue weighted by Gasteiger charge is -2.28. The van der Waals surface area contributed by atoms with Crippen molar-refractivity contribution in [3.05, 3.63) is 113 Å². The van der Waals surface area contributed by atoms with Gasteiger partial charge < -0.3 is 19.7 Å². The lowest BCUT2D eigenvalue weighted by Crippen LogP contribution is -2.29. The van der Waals surface area contributed by atoms with E-state index in [4.69, 9.17) is 17.2 Å². The molecule has 0 amide bonds. The monoisotopic (exact) mass is 481 g/mol. The van der Waals surface area contributed by atoms with Crippen molar-refractivity contribution in [2.45, 2.75) is 32.5 Å². The minimum atomic E-state index is -0.0529. The van der Waals surface area contributed by atoms with Crippen molar-refractivity contribution in [2.24, 2.45) is 0 Å². The summed E-state index contributed by atoms with van der Waals surface area (Å²) in [6, 6.07) is 27.5. The fraction of sp³-hybridized carbons (Fsp3) is 0.241. The lowest BCUT2D eigenvalue weighted by molar-refractivity contribution is 0.563. The van der Waals surface area contributed by atoms with E-state index in [2.05, 4.69) is 114 Å². The van der Waals surface area contributed by atoms with Gasteiger partial charge in [-0.1, -0.05) is 36.4 Å². The highest BCUT2D eigenvalue weighted by atomic mass is 32.1. The molecule has 1 aliphatic heterocycles. The van der Waals surface area contributed by atoms with Crippen molar-refractivity contribution >= 4 is 28.7 Å². The van der Waals surface area contributed by atoms with Crippen molar-refractivity contribution in [3.8, 4) is 0 Å². The fourth-order valence-corrected chi connectivity index (χ4v) is 5.34. The highest BCUT2D eigenvalue weighted by molar-refractivity contribution is 7.80. The molecule has 0 saturated carbocycles. The predicted octanol–water partition coefficient (Wildman–Crippen LogP) is 5.79. The van der Waals surface area contributed by atoms with Crippen molar-refractivity contribution < 1.29 is 0 Å². The number of nitrogens with zero attached hydrogens (tertiary/aromatic N) is 4. The Kier molecular flexibility index (Phi) is 6.31. The molecule has 1 fully saturated rings. The van der Waals surface area contributed by atoms with E-state index in [1.165, 1.54) is 22.5 Å². The molecule has 5 nitrogen and oxygen atoms in total. The molecule has 2 aromatic carbocycles. The molecule has 0 bridgehead atoms. The Morgan fingerprint density at radius 1 is 0.943 bits per heavy atom. The normalized spacial score (nSPS) is 17.5. The minimum absolute atomic E-state index is 0.0154. The van der Waals surface area contributed by atoms with Gasteiger partial charge in [0.05, 0.1) is 17.8 Å². The van der Waals surface area contributed by atoms with Gasteiger partial charge in [-0.05, 0) is 79.7 Å². The van der Waals surface area contributed by atoms with Crippen LogP contribution in [0.15, 0.2) is 85.1 Å². The first-order chi connectivity index (χ1) is 16.9. The summed E-state index contributed by atoms with van der Waals surface area (Å²) < 4.78 is 2.40. The molecule has 1 aliphatic rings. The van der Waals surface area contributed by atoms with Crippen LogP contribution in [0.1, 0.15) is 40.3 Å². The second-order valence-corrected chi connectivity index (χ2v) is 9.69. The van der Waals surface area contributed by atoms with Crippen molar-refractivity contribution in [2.75, 3.05) is 23.9 Å². The van der Waals surface area contributed by atoms with E-state index >= 15 is 0 Å². The van der Waals surface area contributed by atoms with Gasteiger partial charge in [0.2, 0.25) is 0 Å². The molecule has 3 heterocycles. The highest BCUT2D eigenvalue weighted by Gasteiger charge is 2.42. The third kappa shape index (κ3) is 4.42. The number of hydrogen-bond acceptors (Lipinski definition) is 3. The Balaban J connectivity index is 1.60. The van der Waals surface area contributed by atoms with Crippen molar-refractivity contribution in [1.29, 1.82) is 0 Å². The number of anilines is 2. The molecule has 4 aromatic rings. The standard InChI is InChI=1S/C29H31N5S/c1-20-18-25(21(2)33(20)19-22-10-6-5-7-11-22)28-27(26-12-8-9-17-30-26)31-29(35)34(28)24-15-13-23(14-16-24)32(3)4/h5-18,27-28H,19H2,1-4H3,(H,31,35)/t27-,28+/m1/s1. The first-order valence-electron chi connectivity index (χ1n) is 11.9. The number of aromatic nitrogens is 2. The van der Waals surface area contributed by atoms with Gasteiger partial charge in [0.25, 0.3) is 0 Å². The van der Waals surface area contributed by atoms with Crippen molar-refractivity contribution in [3.63, 3.8) is 0 Å². The van der Waals surface area contributed by atoms with Gasteiger partial charge in [0.1, 0.15) is 0 Å². The Hall–Kier alpha value is -3.64. The van der Waals surface area contributed by atoms with Crippen LogP contribution in [-0.2, 0) is 6.54 Å². The lowest BCUT2D eigenvalue weighted by atomic mass is 9.96. The zero-order valence-corrected chi connectivity index (χ0v) is 21.5. The Morgan fingerprint density at radius 2 is 1.66 bits per heavy atom. The topological polar surface area (TPSA) is 36.3 Å². The first-order valence-corrected chi connectivity index (χ1v) is 12.3. The summed E-state index contributed by atoms with van der Waals surface area (Å²) in [5.74, 6) is 0. The second kappa shape index (κ2) is 9.55. The Morgan fingerprint density at radius 3 is 2.31 bits per heavy atom. The number of pyridine rings is 1. The summed E-state index contributed by atoms with van der Waals surface area (Å²) >= 11 is 5.92. The highest BCUT2D eigenvalue weighted by Crippen LogP contribution is 2.43. The van der Waals surface area contributed by atoms with Crippen LogP contribution in [0.4, 0.5) is 11.4 Å². The third-order valence-electron chi connectivity index (χ3n) is 6.86. The van der Waals surface area contributed by atoms with Crippen LogP contribution >= 0.6 is 12.2 Å². The van der Waals surface area contributed by atoms with E-state index in [1.54, 1.807) is 0 Å². The number of benzene rings is 2. The van der Waals surface area contributed by atoms with E-state index in [-0.39, 0.29) is 12.1 Å². The maximum absolute atomic E-state index is 5.92. The van der Waals surface area contributed by atoms with Crippen LogP contribution in [0, 0.1) is 13.8 Å². The number of aryl methyl sites for hydroxylation is 1. The molecule has 2 aromatic heterocycles. The molecule has 35 heavy (non-hydrogen) atoms. The summed E-state index contributed by atoms with van der Waals surface area (Å²) in [4.78, 5) is 9.06. The summed E-state index contributed by atoms with van der Waals surface area (Å²) in [7, 11) is 4.11. The molecule has 0 unspecified atom stereocenters.